The summed E-state index contributed by atoms with van der Waals surface area (Å²) in [5.41, 5.74) is 0.140. The average Bonchev–Trinajstić information content (AvgIpc) is 2.20. The molecule has 76 valence electrons. The van der Waals surface area contributed by atoms with Gasteiger partial charge in [0, 0.05) is 6.07 Å². The molecule has 0 spiro atoms. The molecule has 0 radical (unpaired) electrons. The van der Waals surface area contributed by atoms with Crippen molar-refractivity contribution in [1.29, 1.82) is 0 Å². The van der Waals surface area contributed by atoms with Gasteiger partial charge in [0.1, 0.15) is 6.29 Å². The molecule has 0 aliphatic rings. The maximum Gasteiger partial charge on any atom is 0.407 e. The molecule has 0 aromatic carbocycles. The molecule has 0 atom stereocenters. The first-order valence-electron chi connectivity index (χ1n) is 3.92. The van der Waals surface area contributed by atoms with Crippen molar-refractivity contribution in [1.82, 2.24) is 4.98 Å². The number of hydrogen-bond acceptors (Lipinski definition) is 5. The summed E-state index contributed by atoms with van der Waals surface area (Å²) in [4.78, 5) is 23.0. The van der Waals surface area contributed by atoms with Gasteiger partial charge in [-0.2, -0.15) is 0 Å². The summed E-state index contributed by atoms with van der Waals surface area (Å²) in [6.07, 6.45) is 0.651. The molecule has 15 heavy (non-hydrogen) atoms. The highest BCUT2D eigenvalue weighted by molar-refractivity contribution is 5.54. The SMILES string of the molecule is O=CCC#Cc1ccc(O)c([N+](=O)[O-])n1. The standard InChI is InChI=1S/C9H6N2O4/c12-6-2-1-3-7-4-5-8(13)9(10-7)11(14)15/h4-6,13H,2H2. The van der Waals surface area contributed by atoms with E-state index in [1.807, 2.05) is 0 Å². The van der Waals surface area contributed by atoms with Crippen LogP contribution in [0.3, 0.4) is 0 Å². The summed E-state index contributed by atoms with van der Waals surface area (Å²) >= 11 is 0. The van der Waals surface area contributed by atoms with Gasteiger partial charge in [0.25, 0.3) is 0 Å². The lowest BCUT2D eigenvalue weighted by atomic mass is 10.3. The van der Waals surface area contributed by atoms with E-state index in [9.17, 15) is 14.9 Å². The number of aldehydes is 1. The van der Waals surface area contributed by atoms with E-state index in [0.717, 1.165) is 6.07 Å². The Morgan fingerprint density at radius 2 is 2.33 bits per heavy atom. The van der Waals surface area contributed by atoms with E-state index >= 15 is 0 Å². The van der Waals surface area contributed by atoms with Crippen LogP contribution in [0.15, 0.2) is 12.1 Å². The topological polar surface area (TPSA) is 93.3 Å². The normalized spacial score (nSPS) is 8.80. The number of nitrogens with zero attached hydrogens (tertiary/aromatic N) is 2. The Kier molecular flexibility index (Phi) is 3.35. The maximum absolute atomic E-state index is 10.4. The zero-order valence-electron chi connectivity index (χ0n) is 7.51. The van der Waals surface area contributed by atoms with Crippen molar-refractivity contribution in [2.45, 2.75) is 6.42 Å². The van der Waals surface area contributed by atoms with Crippen LogP contribution in [-0.4, -0.2) is 21.3 Å². The number of aromatic hydroxyl groups is 1. The highest BCUT2D eigenvalue weighted by Gasteiger charge is 2.15. The molecule has 6 nitrogen and oxygen atoms in total. The van der Waals surface area contributed by atoms with Gasteiger partial charge in [0.15, 0.2) is 0 Å². The molecule has 0 fully saturated rings. The smallest absolute Gasteiger partial charge is 0.407 e. The second-order valence-electron chi connectivity index (χ2n) is 2.47. The van der Waals surface area contributed by atoms with Crippen molar-refractivity contribution in [2.24, 2.45) is 0 Å². The zero-order valence-corrected chi connectivity index (χ0v) is 7.51. The molecule has 1 heterocycles. The molecular formula is C9H6N2O4. The Morgan fingerprint density at radius 3 is 2.93 bits per heavy atom. The molecule has 0 bridgehead atoms. The summed E-state index contributed by atoms with van der Waals surface area (Å²) in [6.45, 7) is 0. The van der Waals surface area contributed by atoms with Gasteiger partial charge < -0.3 is 20.0 Å². The minimum absolute atomic E-state index is 0.0380. The van der Waals surface area contributed by atoms with Crippen molar-refractivity contribution in [2.75, 3.05) is 0 Å². The average molecular weight is 206 g/mol. The molecule has 1 aromatic rings. The summed E-state index contributed by atoms with van der Waals surface area (Å²) in [7, 11) is 0. The highest BCUT2D eigenvalue weighted by atomic mass is 16.6. The Labute approximate surface area is 84.7 Å². The Hall–Kier alpha value is -2.42. The predicted octanol–water partition coefficient (Wildman–Crippen LogP) is 0.636. The van der Waals surface area contributed by atoms with Gasteiger partial charge >= 0.3 is 5.82 Å². The van der Waals surface area contributed by atoms with Crippen LogP contribution in [0, 0.1) is 22.0 Å². The maximum atomic E-state index is 10.4. The van der Waals surface area contributed by atoms with Gasteiger partial charge in [0.05, 0.1) is 6.42 Å². The van der Waals surface area contributed by atoms with E-state index in [1.54, 1.807) is 0 Å². The second-order valence-corrected chi connectivity index (χ2v) is 2.47. The lowest BCUT2D eigenvalue weighted by Gasteiger charge is -1.94. The number of pyridine rings is 1. The quantitative estimate of drug-likeness (QED) is 0.331. The third kappa shape index (κ3) is 2.77. The van der Waals surface area contributed by atoms with Gasteiger partial charge in [-0.3, -0.25) is 0 Å². The fourth-order valence-electron chi connectivity index (χ4n) is 0.828. The van der Waals surface area contributed by atoms with Crippen LogP contribution in [0.4, 0.5) is 5.82 Å². The van der Waals surface area contributed by atoms with Gasteiger partial charge in [-0.1, -0.05) is 5.92 Å². The van der Waals surface area contributed by atoms with Crippen molar-refractivity contribution in [3.63, 3.8) is 0 Å². The number of nitro groups is 1. The van der Waals surface area contributed by atoms with Crippen molar-refractivity contribution in [3.05, 3.63) is 27.9 Å². The lowest BCUT2D eigenvalue weighted by Crippen LogP contribution is -1.94. The minimum Gasteiger partial charge on any atom is -0.501 e. The molecule has 0 aliphatic carbocycles. The third-order valence-corrected chi connectivity index (χ3v) is 1.43. The van der Waals surface area contributed by atoms with E-state index in [-0.39, 0.29) is 12.1 Å². The van der Waals surface area contributed by atoms with Gasteiger partial charge in [-0.25, -0.2) is 0 Å². The molecular weight excluding hydrogens is 200 g/mol. The number of hydrogen-bond donors (Lipinski definition) is 1. The molecule has 1 rings (SSSR count). The molecule has 0 saturated carbocycles. The van der Waals surface area contributed by atoms with Crippen molar-refractivity contribution >= 4 is 12.1 Å². The van der Waals surface area contributed by atoms with E-state index in [4.69, 9.17) is 5.11 Å². The van der Waals surface area contributed by atoms with Crippen LogP contribution in [0.1, 0.15) is 12.1 Å². The Morgan fingerprint density at radius 1 is 1.60 bits per heavy atom. The van der Waals surface area contributed by atoms with Crippen LogP contribution in [0.2, 0.25) is 0 Å². The molecule has 0 amide bonds. The zero-order chi connectivity index (χ0) is 11.3. The highest BCUT2D eigenvalue weighted by Crippen LogP contribution is 2.21. The van der Waals surface area contributed by atoms with Crippen LogP contribution >= 0.6 is 0 Å². The lowest BCUT2D eigenvalue weighted by molar-refractivity contribution is -0.390. The van der Waals surface area contributed by atoms with Crippen LogP contribution in [-0.2, 0) is 4.79 Å². The second kappa shape index (κ2) is 4.72. The summed E-state index contributed by atoms with van der Waals surface area (Å²) in [6, 6.07) is 2.47. The van der Waals surface area contributed by atoms with Crippen LogP contribution in [0.25, 0.3) is 0 Å². The Balaban J connectivity index is 3.04. The monoisotopic (exact) mass is 206 g/mol. The predicted molar refractivity (Wildman–Crippen MR) is 50.1 cm³/mol. The summed E-state index contributed by atoms with van der Waals surface area (Å²) < 4.78 is 0. The van der Waals surface area contributed by atoms with E-state index in [0.29, 0.717) is 6.29 Å². The number of aromatic nitrogens is 1. The van der Waals surface area contributed by atoms with E-state index < -0.39 is 16.5 Å². The fourth-order valence-corrected chi connectivity index (χ4v) is 0.828. The van der Waals surface area contributed by atoms with Gasteiger partial charge in [-0.05, 0) is 21.9 Å². The third-order valence-electron chi connectivity index (χ3n) is 1.43. The Bertz CT molecular complexity index is 459. The molecule has 0 unspecified atom stereocenters. The molecule has 1 aromatic heterocycles. The van der Waals surface area contributed by atoms with E-state index in [2.05, 4.69) is 16.8 Å². The van der Waals surface area contributed by atoms with Crippen LogP contribution < -0.4 is 0 Å². The van der Waals surface area contributed by atoms with Crippen molar-refractivity contribution < 1.29 is 14.8 Å². The molecule has 6 heteroatoms. The number of carbonyl (C=O) groups excluding carboxylic acids is 1. The molecule has 1 N–H and O–H groups in total. The molecule has 0 saturated heterocycles. The fraction of sp³-hybridized carbons (Fsp3) is 0.111. The summed E-state index contributed by atoms with van der Waals surface area (Å²) in [5, 5.41) is 19.5. The van der Waals surface area contributed by atoms with Crippen LogP contribution in [0.5, 0.6) is 5.75 Å². The summed E-state index contributed by atoms with van der Waals surface area (Å²) in [5.74, 6) is 3.75. The first-order chi connectivity index (χ1) is 7.15. The van der Waals surface area contributed by atoms with Gasteiger partial charge in [-0.15, -0.1) is 0 Å². The van der Waals surface area contributed by atoms with E-state index in [1.165, 1.54) is 6.07 Å². The largest absolute Gasteiger partial charge is 0.501 e. The number of carbonyl (C=O) groups is 1. The number of rotatable bonds is 2. The van der Waals surface area contributed by atoms with Gasteiger partial charge in [0.2, 0.25) is 11.4 Å². The molecule has 0 aliphatic heterocycles. The first-order valence-corrected chi connectivity index (χ1v) is 3.92. The first kappa shape index (κ1) is 10.7. The van der Waals surface area contributed by atoms with Crippen molar-refractivity contribution in [3.8, 4) is 17.6 Å². The minimum atomic E-state index is -0.805.